The SMILES string of the molecule is Cc1cccc(C#N)c1NCCc1nccn1C. The Balaban J connectivity index is 2.03. The lowest BCUT2D eigenvalue weighted by Crippen LogP contribution is -2.10. The number of benzene rings is 1. The third kappa shape index (κ3) is 2.51. The van der Waals surface area contributed by atoms with Gasteiger partial charge in [0.05, 0.1) is 11.3 Å². The molecule has 2 rings (SSSR count). The van der Waals surface area contributed by atoms with E-state index in [1.54, 1.807) is 6.20 Å². The van der Waals surface area contributed by atoms with E-state index < -0.39 is 0 Å². The van der Waals surface area contributed by atoms with Crippen LogP contribution < -0.4 is 5.32 Å². The topological polar surface area (TPSA) is 53.6 Å². The quantitative estimate of drug-likeness (QED) is 0.891. The van der Waals surface area contributed by atoms with Crippen molar-refractivity contribution in [3.8, 4) is 6.07 Å². The minimum atomic E-state index is 0.690. The summed E-state index contributed by atoms with van der Waals surface area (Å²) >= 11 is 0. The second-order valence-corrected chi connectivity index (χ2v) is 4.24. The Kier molecular flexibility index (Phi) is 3.63. The van der Waals surface area contributed by atoms with E-state index in [4.69, 9.17) is 5.26 Å². The van der Waals surface area contributed by atoms with Crippen molar-refractivity contribution in [2.45, 2.75) is 13.3 Å². The second-order valence-electron chi connectivity index (χ2n) is 4.24. The van der Waals surface area contributed by atoms with Crippen molar-refractivity contribution in [2.75, 3.05) is 11.9 Å². The number of hydrogen-bond acceptors (Lipinski definition) is 3. The number of aromatic nitrogens is 2. The van der Waals surface area contributed by atoms with Crippen molar-refractivity contribution in [1.82, 2.24) is 9.55 Å². The molecule has 0 saturated carbocycles. The predicted octanol–water partition coefficient (Wildman–Crippen LogP) is 2.25. The van der Waals surface area contributed by atoms with Gasteiger partial charge in [-0.1, -0.05) is 12.1 Å². The van der Waals surface area contributed by atoms with Gasteiger partial charge in [-0.2, -0.15) is 5.26 Å². The van der Waals surface area contributed by atoms with Gasteiger partial charge in [0, 0.05) is 32.4 Å². The van der Waals surface area contributed by atoms with Crippen molar-refractivity contribution in [2.24, 2.45) is 7.05 Å². The zero-order valence-corrected chi connectivity index (χ0v) is 10.6. The molecule has 1 heterocycles. The van der Waals surface area contributed by atoms with E-state index in [0.717, 1.165) is 30.0 Å². The van der Waals surface area contributed by atoms with Gasteiger partial charge < -0.3 is 9.88 Å². The van der Waals surface area contributed by atoms with Crippen LogP contribution in [0.3, 0.4) is 0 Å². The third-order valence-electron chi connectivity index (χ3n) is 2.96. The molecule has 0 unspecified atom stereocenters. The standard InChI is InChI=1S/C14H16N4/c1-11-4-3-5-12(10-15)14(11)17-7-6-13-16-8-9-18(13)2/h3-5,8-9,17H,6-7H2,1-2H3. The van der Waals surface area contributed by atoms with E-state index >= 15 is 0 Å². The molecule has 0 atom stereocenters. The average molecular weight is 240 g/mol. The smallest absolute Gasteiger partial charge is 0.110 e. The van der Waals surface area contributed by atoms with Crippen LogP contribution in [0.4, 0.5) is 5.69 Å². The molecule has 2 aromatic rings. The Bertz CT molecular complexity index is 578. The van der Waals surface area contributed by atoms with E-state index in [1.165, 1.54) is 0 Å². The van der Waals surface area contributed by atoms with E-state index in [9.17, 15) is 0 Å². The zero-order chi connectivity index (χ0) is 13.0. The number of anilines is 1. The molecule has 1 aromatic carbocycles. The van der Waals surface area contributed by atoms with E-state index in [2.05, 4.69) is 16.4 Å². The van der Waals surface area contributed by atoms with Gasteiger partial charge in [-0.15, -0.1) is 0 Å². The van der Waals surface area contributed by atoms with E-state index in [1.807, 2.05) is 42.9 Å². The summed E-state index contributed by atoms with van der Waals surface area (Å²) in [5.41, 5.74) is 2.71. The third-order valence-corrected chi connectivity index (χ3v) is 2.96. The van der Waals surface area contributed by atoms with Crippen LogP contribution in [0.25, 0.3) is 0 Å². The van der Waals surface area contributed by atoms with Crippen LogP contribution in [-0.4, -0.2) is 16.1 Å². The lowest BCUT2D eigenvalue weighted by molar-refractivity contribution is 0.789. The van der Waals surface area contributed by atoms with Gasteiger partial charge in [0.2, 0.25) is 0 Å². The Hall–Kier alpha value is -2.28. The maximum absolute atomic E-state index is 9.06. The number of nitriles is 1. The van der Waals surface area contributed by atoms with E-state index in [-0.39, 0.29) is 0 Å². The summed E-state index contributed by atoms with van der Waals surface area (Å²) in [6.07, 6.45) is 4.57. The fourth-order valence-electron chi connectivity index (χ4n) is 1.93. The molecule has 1 aromatic heterocycles. The van der Waals surface area contributed by atoms with Crippen molar-refractivity contribution in [1.29, 1.82) is 5.26 Å². The largest absolute Gasteiger partial charge is 0.383 e. The number of hydrogen-bond donors (Lipinski definition) is 1. The Morgan fingerprint density at radius 2 is 2.28 bits per heavy atom. The average Bonchev–Trinajstić information content (AvgIpc) is 2.77. The van der Waals surface area contributed by atoms with Gasteiger partial charge in [0.1, 0.15) is 11.9 Å². The maximum atomic E-state index is 9.06. The molecule has 1 N–H and O–H groups in total. The number of nitrogens with one attached hydrogen (secondary N) is 1. The first kappa shape index (κ1) is 12.2. The van der Waals surface area contributed by atoms with Crippen LogP contribution in [-0.2, 0) is 13.5 Å². The highest BCUT2D eigenvalue weighted by Gasteiger charge is 2.05. The number of aryl methyl sites for hydroxylation is 2. The summed E-state index contributed by atoms with van der Waals surface area (Å²) in [7, 11) is 1.98. The van der Waals surface area contributed by atoms with Crippen molar-refractivity contribution >= 4 is 5.69 Å². The maximum Gasteiger partial charge on any atom is 0.110 e. The molecule has 4 nitrogen and oxygen atoms in total. The van der Waals surface area contributed by atoms with Crippen molar-refractivity contribution in [3.63, 3.8) is 0 Å². The molecule has 0 aliphatic rings. The molecule has 0 saturated heterocycles. The molecule has 0 aliphatic heterocycles. The first-order valence-corrected chi connectivity index (χ1v) is 5.92. The molecule has 92 valence electrons. The molecule has 0 radical (unpaired) electrons. The van der Waals surface area contributed by atoms with Crippen LogP contribution in [0, 0.1) is 18.3 Å². The van der Waals surface area contributed by atoms with Gasteiger partial charge in [-0.05, 0) is 18.6 Å². The monoisotopic (exact) mass is 240 g/mol. The summed E-state index contributed by atoms with van der Waals surface area (Å²) in [6.45, 7) is 2.77. The molecule has 4 heteroatoms. The van der Waals surface area contributed by atoms with Crippen LogP contribution in [0.2, 0.25) is 0 Å². The fourth-order valence-corrected chi connectivity index (χ4v) is 1.93. The molecule has 0 spiro atoms. The van der Waals surface area contributed by atoms with Crippen LogP contribution in [0.5, 0.6) is 0 Å². The number of imidazole rings is 1. The minimum absolute atomic E-state index is 0.690. The summed E-state index contributed by atoms with van der Waals surface area (Å²) in [5.74, 6) is 1.04. The Labute approximate surface area is 107 Å². The second kappa shape index (κ2) is 5.37. The van der Waals surface area contributed by atoms with Crippen LogP contribution in [0.15, 0.2) is 30.6 Å². The lowest BCUT2D eigenvalue weighted by Gasteiger charge is -2.11. The normalized spacial score (nSPS) is 10.1. The predicted molar refractivity (Wildman–Crippen MR) is 71.3 cm³/mol. The lowest BCUT2D eigenvalue weighted by atomic mass is 10.1. The Morgan fingerprint density at radius 3 is 2.94 bits per heavy atom. The number of para-hydroxylation sites is 1. The van der Waals surface area contributed by atoms with Crippen molar-refractivity contribution < 1.29 is 0 Å². The first-order chi connectivity index (χ1) is 8.72. The fraction of sp³-hybridized carbons (Fsp3) is 0.286. The van der Waals surface area contributed by atoms with Crippen molar-refractivity contribution in [3.05, 3.63) is 47.5 Å². The summed E-state index contributed by atoms with van der Waals surface area (Å²) < 4.78 is 2.00. The molecule has 0 fully saturated rings. The number of nitrogens with zero attached hydrogens (tertiary/aromatic N) is 3. The highest BCUT2D eigenvalue weighted by atomic mass is 15.0. The highest BCUT2D eigenvalue weighted by molar-refractivity contribution is 5.62. The molecule has 0 amide bonds. The van der Waals surface area contributed by atoms with Gasteiger partial charge in [0.25, 0.3) is 0 Å². The van der Waals surface area contributed by atoms with Crippen LogP contribution in [0.1, 0.15) is 17.0 Å². The summed E-state index contributed by atoms with van der Waals surface area (Å²) in [4.78, 5) is 4.27. The van der Waals surface area contributed by atoms with Gasteiger partial charge in [-0.3, -0.25) is 0 Å². The molecule has 0 aliphatic carbocycles. The summed E-state index contributed by atoms with van der Waals surface area (Å²) in [6, 6.07) is 7.94. The summed E-state index contributed by atoms with van der Waals surface area (Å²) in [5, 5.41) is 12.4. The minimum Gasteiger partial charge on any atom is -0.383 e. The van der Waals surface area contributed by atoms with Gasteiger partial charge in [-0.25, -0.2) is 4.98 Å². The Morgan fingerprint density at radius 1 is 1.44 bits per heavy atom. The first-order valence-electron chi connectivity index (χ1n) is 5.92. The molecular weight excluding hydrogens is 224 g/mol. The molecule has 0 bridgehead atoms. The highest BCUT2D eigenvalue weighted by Crippen LogP contribution is 2.19. The van der Waals surface area contributed by atoms with Gasteiger partial charge in [0.15, 0.2) is 0 Å². The molecular formula is C14H16N4. The number of rotatable bonds is 4. The zero-order valence-electron chi connectivity index (χ0n) is 10.6. The van der Waals surface area contributed by atoms with E-state index in [0.29, 0.717) is 5.56 Å². The van der Waals surface area contributed by atoms with Gasteiger partial charge >= 0.3 is 0 Å². The molecule has 18 heavy (non-hydrogen) atoms. The van der Waals surface area contributed by atoms with Crippen LogP contribution >= 0.6 is 0 Å².